The molecule has 2 aromatic heterocycles. The number of methoxy groups -OCH3 is 2. The van der Waals surface area contributed by atoms with E-state index in [1.165, 1.54) is 0 Å². The predicted molar refractivity (Wildman–Crippen MR) is 139 cm³/mol. The summed E-state index contributed by atoms with van der Waals surface area (Å²) in [5, 5.41) is 14.2. The van der Waals surface area contributed by atoms with Crippen LogP contribution in [0.4, 0.5) is 11.6 Å². The predicted octanol–water partition coefficient (Wildman–Crippen LogP) is 3.15. The van der Waals surface area contributed by atoms with Crippen molar-refractivity contribution < 1.29 is 14.3 Å². The average Bonchev–Trinajstić information content (AvgIpc) is 3.34. The van der Waals surface area contributed by atoms with Crippen LogP contribution in [0.5, 0.6) is 0 Å². The summed E-state index contributed by atoms with van der Waals surface area (Å²) in [7, 11) is 5.32. The van der Waals surface area contributed by atoms with Gasteiger partial charge in [-0.25, -0.2) is 4.98 Å². The minimum absolute atomic E-state index is 0.0286. The molecule has 36 heavy (non-hydrogen) atoms. The molecule has 3 heterocycles. The quantitative estimate of drug-likeness (QED) is 0.513. The number of nitrogens with zero attached hydrogens (tertiary/aromatic N) is 4. The lowest BCUT2D eigenvalue weighted by Crippen LogP contribution is -2.59. The van der Waals surface area contributed by atoms with Crippen molar-refractivity contribution in [2.24, 2.45) is 0 Å². The third-order valence-corrected chi connectivity index (χ3v) is 8.07. The van der Waals surface area contributed by atoms with Gasteiger partial charge in [0.2, 0.25) is 0 Å². The van der Waals surface area contributed by atoms with E-state index < -0.39 is 0 Å². The zero-order chi connectivity index (χ0) is 25.3. The highest BCUT2D eigenvalue weighted by atomic mass is 16.5. The lowest BCUT2D eigenvalue weighted by molar-refractivity contribution is -0.0828. The van der Waals surface area contributed by atoms with Crippen molar-refractivity contribution in [1.82, 2.24) is 24.8 Å². The SMILES string of the molecule is CNc1cc(NC2=CC=CN(C3CCC(OC)CC3)C2)nc2c(C(=O)N[C@H]3CC[C@]3(C)OC)cnn12. The summed E-state index contributed by atoms with van der Waals surface area (Å²) in [5.41, 5.74) is 1.67. The molecule has 5 rings (SSSR count). The molecule has 2 aromatic rings. The van der Waals surface area contributed by atoms with Gasteiger partial charge < -0.3 is 30.3 Å². The van der Waals surface area contributed by atoms with Gasteiger partial charge in [-0.05, 0) is 63.8 Å². The molecule has 1 amide bonds. The molecular weight excluding hydrogens is 458 g/mol. The minimum atomic E-state index is -0.329. The largest absolute Gasteiger partial charge is 0.381 e. The van der Waals surface area contributed by atoms with E-state index in [9.17, 15) is 4.79 Å². The topological polar surface area (TPSA) is 105 Å². The lowest BCUT2D eigenvalue weighted by Gasteiger charge is -2.45. The van der Waals surface area contributed by atoms with E-state index in [0.717, 1.165) is 56.6 Å². The van der Waals surface area contributed by atoms with E-state index in [1.54, 1.807) is 24.9 Å². The van der Waals surface area contributed by atoms with Gasteiger partial charge in [0.1, 0.15) is 17.2 Å². The molecule has 3 aliphatic rings. The highest BCUT2D eigenvalue weighted by molar-refractivity contribution is 6.00. The van der Waals surface area contributed by atoms with E-state index in [1.807, 2.05) is 20.0 Å². The van der Waals surface area contributed by atoms with Gasteiger partial charge in [-0.2, -0.15) is 9.61 Å². The number of allylic oxidation sites excluding steroid dienone is 2. The molecule has 2 saturated carbocycles. The Morgan fingerprint density at radius 2 is 2.00 bits per heavy atom. The summed E-state index contributed by atoms with van der Waals surface area (Å²) in [6, 6.07) is 2.39. The zero-order valence-corrected chi connectivity index (χ0v) is 21.6. The van der Waals surface area contributed by atoms with E-state index in [-0.39, 0.29) is 17.6 Å². The first-order valence-electron chi connectivity index (χ1n) is 12.8. The first-order chi connectivity index (χ1) is 17.4. The molecule has 0 spiro atoms. The number of carbonyl (C=O) groups is 1. The number of nitrogens with one attached hydrogen (secondary N) is 3. The fourth-order valence-electron chi connectivity index (χ4n) is 5.45. The number of aromatic nitrogens is 3. The van der Waals surface area contributed by atoms with Crippen LogP contribution in [-0.2, 0) is 9.47 Å². The Bertz CT molecular complexity index is 1160. The van der Waals surface area contributed by atoms with Gasteiger partial charge in [-0.15, -0.1) is 0 Å². The van der Waals surface area contributed by atoms with Crippen LogP contribution in [0, 0.1) is 0 Å². The summed E-state index contributed by atoms with van der Waals surface area (Å²) >= 11 is 0. The van der Waals surface area contributed by atoms with Crippen molar-refractivity contribution in [3.05, 3.63) is 41.9 Å². The number of hydrogen-bond donors (Lipinski definition) is 3. The van der Waals surface area contributed by atoms with E-state index >= 15 is 0 Å². The second kappa shape index (κ2) is 10.1. The Labute approximate surface area is 212 Å². The summed E-state index contributed by atoms with van der Waals surface area (Å²) in [5.74, 6) is 1.22. The zero-order valence-electron chi connectivity index (χ0n) is 21.6. The number of fused-ring (bicyclic) bond motifs is 1. The fraction of sp³-hybridized carbons (Fsp3) is 0.577. The summed E-state index contributed by atoms with van der Waals surface area (Å²) < 4.78 is 12.8. The van der Waals surface area contributed by atoms with Crippen LogP contribution in [0.25, 0.3) is 5.65 Å². The number of hydrogen-bond acceptors (Lipinski definition) is 8. The van der Waals surface area contributed by atoms with Crippen molar-refractivity contribution in [3.63, 3.8) is 0 Å². The molecule has 0 bridgehead atoms. The normalized spacial score (nSPS) is 27.9. The maximum Gasteiger partial charge on any atom is 0.257 e. The van der Waals surface area contributed by atoms with Crippen LogP contribution in [-0.4, -0.2) is 77.0 Å². The number of amides is 1. The van der Waals surface area contributed by atoms with Gasteiger partial charge in [0.05, 0.1) is 30.5 Å². The maximum absolute atomic E-state index is 13.2. The third kappa shape index (κ3) is 4.67. The van der Waals surface area contributed by atoms with E-state index in [2.05, 4.69) is 44.3 Å². The highest BCUT2D eigenvalue weighted by Crippen LogP contribution is 2.35. The summed E-state index contributed by atoms with van der Waals surface area (Å²) in [6.45, 7) is 2.81. The Morgan fingerprint density at radius 1 is 1.19 bits per heavy atom. The van der Waals surface area contributed by atoms with Crippen LogP contribution in [0.1, 0.15) is 55.8 Å². The standard InChI is InChI=1S/C26H37N7O3/c1-26(36-4)12-11-21(26)30-25(34)20-15-28-33-23(27-2)14-22(31-24(20)33)29-17-6-5-13-32(16-17)18-7-9-19(35-3)10-8-18/h5-6,13-15,18-19,21,27H,7-12,16H2,1-4H3,(H,29,31)(H,30,34)/t18?,19?,21-,26-/m0/s1. The Balaban J connectivity index is 1.32. The lowest BCUT2D eigenvalue weighted by atomic mass is 9.76. The maximum atomic E-state index is 13.2. The van der Waals surface area contributed by atoms with Crippen molar-refractivity contribution >= 4 is 23.2 Å². The molecule has 0 saturated heterocycles. The van der Waals surface area contributed by atoms with E-state index in [4.69, 9.17) is 14.5 Å². The number of rotatable bonds is 8. The van der Waals surface area contributed by atoms with Crippen molar-refractivity contribution in [3.8, 4) is 0 Å². The first-order valence-corrected chi connectivity index (χ1v) is 12.8. The third-order valence-electron chi connectivity index (χ3n) is 8.07. The number of ether oxygens (including phenoxy) is 2. The fourth-order valence-corrected chi connectivity index (χ4v) is 5.45. The molecule has 2 atom stereocenters. The van der Waals surface area contributed by atoms with Crippen molar-refractivity contribution in [1.29, 1.82) is 0 Å². The summed E-state index contributed by atoms with van der Waals surface area (Å²) in [6.07, 6.45) is 14.5. The van der Waals surface area contributed by atoms with Crippen LogP contribution >= 0.6 is 0 Å². The minimum Gasteiger partial charge on any atom is -0.381 e. The molecule has 0 aromatic carbocycles. The smallest absolute Gasteiger partial charge is 0.257 e. The Hall–Kier alpha value is -3.11. The van der Waals surface area contributed by atoms with Crippen LogP contribution in [0.3, 0.4) is 0 Å². The number of carbonyl (C=O) groups excluding carboxylic acids is 1. The van der Waals surface area contributed by atoms with Gasteiger partial charge in [0.15, 0.2) is 5.65 Å². The van der Waals surface area contributed by atoms with Gasteiger partial charge in [-0.1, -0.05) is 0 Å². The molecule has 194 valence electrons. The van der Waals surface area contributed by atoms with Crippen molar-refractivity contribution in [2.45, 2.75) is 69.2 Å². The van der Waals surface area contributed by atoms with Crippen LogP contribution < -0.4 is 16.0 Å². The Morgan fingerprint density at radius 3 is 2.67 bits per heavy atom. The van der Waals surface area contributed by atoms with Crippen LogP contribution in [0.2, 0.25) is 0 Å². The van der Waals surface area contributed by atoms with Gasteiger partial charge in [-0.3, -0.25) is 4.79 Å². The Kier molecular flexibility index (Phi) is 6.90. The van der Waals surface area contributed by atoms with Gasteiger partial charge in [0.25, 0.3) is 5.91 Å². The highest BCUT2D eigenvalue weighted by Gasteiger charge is 2.44. The number of anilines is 2. The van der Waals surface area contributed by atoms with Crippen molar-refractivity contribution in [2.75, 3.05) is 38.4 Å². The molecule has 2 fully saturated rings. The molecule has 2 aliphatic carbocycles. The molecule has 10 nitrogen and oxygen atoms in total. The van der Waals surface area contributed by atoms with E-state index in [0.29, 0.717) is 29.2 Å². The molecular formula is C26H37N7O3. The average molecular weight is 496 g/mol. The monoisotopic (exact) mass is 495 g/mol. The first kappa shape index (κ1) is 24.6. The second-order valence-corrected chi connectivity index (χ2v) is 10.1. The molecule has 3 N–H and O–H groups in total. The summed E-state index contributed by atoms with van der Waals surface area (Å²) in [4.78, 5) is 20.3. The molecule has 10 heteroatoms. The second-order valence-electron chi connectivity index (χ2n) is 10.1. The molecule has 0 unspecified atom stereocenters. The van der Waals surface area contributed by atoms with Crippen LogP contribution in [0.15, 0.2) is 36.3 Å². The van der Waals surface area contributed by atoms with Gasteiger partial charge in [0, 0.05) is 39.1 Å². The molecule has 1 aliphatic heterocycles. The van der Waals surface area contributed by atoms with Gasteiger partial charge >= 0.3 is 0 Å². The molecule has 0 radical (unpaired) electrons.